The van der Waals surface area contributed by atoms with Crippen molar-refractivity contribution in [2.45, 2.75) is 0 Å². The highest BCUT2D eigenvalue weighted by molar-refractivity contribution is 5.95. The van der Waals surface area contributed by atoms with Gasteiger partial charge in [0.1, 0.15) is 5.82 Å². The average molecular weight is 384 g/mol. The van der Waals surface area contributed by atoms with Gasteiger partial charge in [-0.1, -0.05) is 0 Å². The maximum absolute atomic E-state index is 13.4. The Kier molecular flexibility index (Phi) is 6.47. The maximum atomic E-state index is 13.4. The second kappa shape index (κ2) is 8.79. The number of anilines is 1. The topological polar surface area (TPSA) is 84.5 Å². The summed E-state index contributed by atoms with van der Waals surface area (Å²) in [7, 11) is 0. The Balaban J connectivity index is 1.78. The van der Waals surface area contributed by atoms with Gasteiger partial charge in [0, 0.05) is 0 Å². The number of rotatable bonds is 6. The minimum atomic E-state index is -1.75. The lowest BCUT2D eigenvalue weighted by Gasteiger charge is -2.09. The van der Waals surface area contributed by atoms with Gasteiger partial charge in [-0.2, -0.15) is 0 Å². The van der Waals surface area contributed by atoms with Gasteiger partial charge in [-0.3, -0.25) is 9.59 Å². The third-order valence-corrected chi connectivity index (χ3v) is 3.17. The Morgan fingerprint density at radius 2 is 1.52 bits per heavy atom. The molecule has 10 heteroatoms. The van der Waals surface area contributed by atoms with Gasteiger partial charge in [0.2, 0.25) is 5.91 Å². The van der Waals surface area contributed by atoms with E-state index in [1.807, 2.05) is 5.32 Å². The van der Waals surface area contributed by atoms with Crippen LogP contribution >= 0.6 is 0 Å². The van der Waals surface area contributed by atoms with Gasteiger partial charge < -0.3 is 15.4 Å². The molecular formula is C17H12F4N2O4. The molecule has 0 aliphatic carbocycles. The molecular weight excluding hydrogens is 372 g/mol. The fourth-order valence-corrected chi connectivity index (χ4v) is 1.85. The smallest absolute Gasteiger partial charge is 0.338 e. The molecule has 0 saturated heterocycles. The molecule has 2 aromatic rings. The molecule has 0 aliphatic heterocycles. The van der Waals surface area contributed by atoms with Crippen molar-refractivity contribution in [1.29, 1.82) is 0 Å². The highest BCUT2D eigenvalue weighted by Crippen LogP contribution is 2.19. The molecule has 0 spiro atoms. The van der Waals surface area contributed by atoms with Crippen LogP contribution in [0.5, 0.6) is 0 Å². The van der Waals surface area contributed by atoms with Gasteiger partial charge >= 0.3 is 5.97 Å². The lowest BCUT2D eigenvalue weighted by Crippen LogP contribution is -2.35. The lowest BCUT2D eigenvalue weighted by molar-refractivity contribution is -0.126. The van der Waals surface area contributed by atoms with Crippen molar-refractivity contribution >= 4 is 23.5 Å². The summed E-state index contributed by atoms with van der Waals surface area (Å²) in [5.41, 5.74) is -0.577. The highest BCUT2D eigenvalue weighted by atomic mass is 19.2. The molecule has 2 amide bonds. The molecule has 2 aromatic carbocycles. The van der Waals surface area contributed by atoms with Crippen molar-refractivity contribution in [2.75, 3.05) is 18.5 Å². The number of esters is 1. The van der Waals surface area contributed by atoms with E-state index in [9.17, 15) is 31.9 Å². The molecule has 27 heavy (non-hydrogen) atoms. The second-order valence-electron chi connectivity index (χ2n) is 5.13. The zero-order valence-corrected chi connectivity index (χ0v) is 13.5. The summed E-state index contributed by atoms with van der Waals surface area (Å²) < 4.78 is 56.7. The van der Waals surface area contributed by atoms with Crippen LogP contribution in [0.3, 0.4) is 0 Å². The van der Waals surface area contributed by atoms with Gasteiger partial charge in [0.05, 0.1) is 17.8 Å². The minimum absolute atomic E-state index is 0.0238. The summed E-state index contributed by atoms with van der Waals surface area (Å²) in [6.07, 6.45) is 0. The van der Waals surface area contributed by atoms with Crippen molar-refractivity contribution in [3.8, 4) is 0 Å². The molecule has 0 radical (unpaired) electrons. The maximum Gasteiger partial charge on any atom is 0.338 e. The molecule has 0 atom stereocenters. The molecule has 2 rings (SSSR count). The number of ether oxygens (including phenoxy) is 1. The SMILES string of the molecule is O=C(COC(=O)c1ccc(F)cc1)NCC(=O)Nc1ccc(F)c(F)c1F. The van der Waals surface area contributed by atoms with E-state index in [1.165, 1.54) is 12.1 Å². The molecule has 0 unspecified atom stereocenters. The lowest BCUT2D eigenvalue weighted by atomic mass is 10.2. The van der Waals surface area contributed by atoms with Gasteiger partial charge in [-0.25, -0.2) is 22.4 Å². The van der Waals surface area contributed by atoms with E-state index in [0.29, 0.717) is 6.07 Å². The first-order valence-electron chi connectivity index (χ1n) is 7.40. The number of hydrogen-bond donors (Lipinski definition) is 2. The largest absolute Gasteiger partial charge is 0.452 e. The van der Waals surface area contributed by atoms with Crippen LogP contribution in [-0.2, 0) is 14.3 Å². The summed E-state index contributed by atoms with van der Waals surface area (Å²) in [5.74, 6) is -7.93. The van der Waals surface area contributed by atoms with E-state index in [2.05, 4.69) is 10.1 Å². The molecule has 0 bridgehead atoms. The molecule has 0 saturated carbocycles. The number of halogens is 4. The zero-order valence-electron chi connectivity index (χ0n) is 13.5. The average Bonchev–Trinajstić information content (AvgIpc) is 2.65. The van der Waals surface area contributed by atoms with Crippen molar-refractivity contribution in [3.63, 3.8) is 0 Å². The summed E-state index contributed by atoms with van der Waals surface area (Å²) in [5, 5.41) is 4.04. The van der Waals surface area contributed by atoms with E-state index in [4.69, 9.17) is 0 Å². The van der Waals surface area contributed by atoms with Gasteiger partial charge in [-0.05, 0) is 36.4 Å². The standard InChI is InChI=1S/C17H12F4N2O4/c18-10-3-1-9(2-4-10)17(26)27-8-14(25)22-7-13(24)23-12-6-5-11(19)15(20)16(12)21/h1-6H,7-8H2,(H,22,25)(H,23,24). The van der Waals surface area contributed by atoms with E-state index in [1.54, 1.807) is 0 Å². The number of carbonyl (C=O) groups is 3. The Bertz CT molecular complexity index is 872. The summed E-state index contributed by atoms with van der Waals surface area (Å²) in [6.45, 7) is -1.35. The van der Waals surface area contributed by atoms with Gasteiger partial charge in [0.25, 0.3) is 5.91 Å². The van der Waals surface area contributed by atoms with Crippen LogP contribution < -0.4 is 10.6 Å². The number of benzene rings is 2. The Morgan fingerprint density at radius 1 is 0.852 bits per heavy atom. The number of hydrogen-bond acceptors (Lipinski definition) is 4. The first-order chi connectivity index (χ1) is 12.8. The van der Waals surface area contributed by atoms with E-state index < -0.39 is 59.9 Å². The molecule has 2 N–H and O–H groups in total. The van der Waals surface area contributed by atoms with E-state index >= 15 is 0 Å². The minimum Gasteiger partial charge on any atom is -0.452 e. The third kappa shape index (κ3) is 5.53. The predicted molar refractivity (Wildman–Crippen MR) is 84.6 cm³/mol. The van der Waals surface area contributed by atoms with Crippen LogP contribution in [-0.4, -0.2) is 30.9 Å². The van der Waals surface area contributed by atoms with Gasteiger partial charge in [0.15, 0.2) is 24.1 Å². The molecule has 0 fully saturated rings. The summed E-state index contributed by atoms with van der Waals surface area (Å²) in [6, 6.07) is 5.86. The van der Waals surface area contributed by atoms with Crippen LogP contribution in [0.15, 0.2) is 36.4 Å². The summed E-state index contributed by atoms with van der Waals surface area (Å²) >= 11 is 0. The van der Waals surface area contributed by atoms with Crippen LogP contribution in [0.25, 0.3) is 0 Å². The molecule has 142 valence electrons. The quantitative estimate of drug-likeness (QED) is 0.454. The van der Waals surface area contributed by atoms with Crippen LogP contribution in [0.2, 0.25) is 0 Å². The van der Waals surface area contributed by atoms with E-state index in [-0.39, 0.29) is 5.56 Å². The molecule has 0 aromatic heterocycles. The number of nitrogens with one attached hydrogen (secondary N) is 2. The van der Waals surface area contributed by atoms with Crippen LogP contribution in [0, 0.1) is 23.3 Å². The number of amides is 2. The molecule has 6 nitrogen and oxygen atoms in total. The second-order valence-corrected chi connectivity index (χ2v) is 5.13. The first kappa shape index (κ1) is 19.9. The van der Waals surface area contributed by atoms with Crippen molar-refractivity contribution in [3.05, 3.63) is 65.2 Å². The first-order valence-corrected chi connectivity index (χ1v) is 7.40. The zero-order chi connectivity index (χ0) is 20.0. The van der Waals surface area contributed by atoms with Gasteiger partial charge in [-0.15, -0.1) is 0 Å². The molecule has 0 heterocycles. The van der Waals surface area contributed by atoms with E-state index in [0.717, 1.165) is 18.2 Å². The van der Waals surface area contributed by atoms with Crippen LogP contribution in [0.1, 0.15) is 10.4 Å². The Labute approximate surface area is 150 Å². The Morgan fingerprint density at radius 3 is 2.19 bits per heavy atom. The predicted octanol–water partition coefficient (Wildman–Crippen LogP) is 2.15. The summed E-state index contributed by atoms with van der Waals surface area (Å²) in [4.78, 5) is 34.8. The highest BCUT2D eigenvalue weighted by Gasteiger charge is 2.16. The molecule has 0 aliphatic rings. The third-order valence-electron chi connectivity index (χ3n) is 3.17. The fourth-order valence-electron chi connectivity index (χ4n) is 1.85. The van der Waals surface area contributed by atoms with Crippen molar-refractivity contribution in [1.82, 2.24) is 5.32 Å². The van der Waals surface area contributed by atoms with Crippen molar-refractivity contribution in [2.24, 2.45) is 0 Å². The van der Waals surface area contributed by atoms with Crippen LogP contribution in [0.4, 0.5) is 23.2 Å². The fraction of sp³-hybridized carbons (Fsp3) is 0.118. The monoisotopic (exact) mass is 384 g/mol. The van der Waals surface area contributed by atoms with Crippen molar-refractivity contribution < 1.29 is 36.7 Å². The Hall–Kier alpha value is -3.43. The number of carbonyl (C=O) groups excluding carboxylic acids is 3. The normalized spacial score (nSPS) is 10.2.